The summed E-state index contributed by atoms with van der Waals surface area (Å²) in [5.74, 6) is 3.04. The van der Waals surface area contributed by atoms with Gasteiger partial charge in [-0.05, 0) is 79.9 Å². The Kier molecular flexibility index (Phi) is 5.30. The van der Waals surface area contributed by atoms with E-state index in [0.29, 0.717) is 18.4 Å². The molecule has 1 aromatic heterocycles. The van der Waals surface area contributed by atoms with Crippen LogP contribution in [0.25, 0.3) is 0 Å². The van der Waals surface area contributed by atoms with Crippen molar-refractivity contribution in [1.29, 1.82) is 0 Å². The van der Waals surface area contributed by atoms with Gasteiger partial charge >= 0.3 is 0 Å². The number of nitrogens with zero attached hydrogens (tertiary/aromatic N) is 2. The van der Waals surface area contributed by atoms with E-state index in [4.69, 9.17) is 9.47 Å². The molecule has 0 saturated carbocycles. The summed E-state index contributed by atoms with van der Waals surface area (Å²) >= 11 is 0. The second-order valence-corrected chi connectivity index (χ2v) is 9.41. The van der Waals surface area contributed by atoms with Crippen LogP contribution < -0.4 is 15.4 Å². The molecule has 0 amide bonds. The molecule has 6 rings (SSSR count). The zero-order valence-corrected chi connectivity index (χ0v) is 18.1. The Morgan fingerprint density at radius 1 is 0.968 bits per heavy atom. The lowest BCUT2D eigenvalue weighted by Gasteiger charge is -2.42. The van der Waals surface area contributed by atoms with E-state index >= 15 is 0 Å². The Balaban J connectivity index is 1.21. The second kappa shape index (κ2) is 8.41. The van der Waals surface area contributed by atoms with Crippen LogP contribution in [0.4, 0.5) is 11.5 Å². The predicted octanol–water partition coefficient (Wildman–Crippen LogP) is 3.76. The van der Waals surface area contributed by atoms with E-state index < -0.39 is 0 Å². The lowest BCUT2D eigenvalue weighted by atomic mass is 9.88. The molecule has 0 spiro atoms. The van der Waals surface area contributed by atoms with E-state index in [9.17, 15) is 0 Å². The molecule has 6 heteroatoms. The van der Waals surface area contributed by atoms with Crippen molar-refractivity contribution in [3.05, 3.63) is 47.2 Å². The highest BCUT2D eigenvalue weighted by Crippen LogP contribution is 2.40. The van der Waals surface area contributed by atoms with Gasteiger partial charge < -0.3 is 20.1 Å². The summed E-state index contributed by atoms with van der Waals surface area (Å²) in [5.41, 5.74) is 5.05. The fourth-order valence-electron chi connectivity index (χ4n) is 5.59. The fraction of sp³-hybridized carbons (Fsp3) is 0.560. The van der Waals surface area contributed by atoms with Crippen molar-refractivity contribution < 1.29 is 9.47 Å². The SMILES string of the molecule is c1cc(C2CCOCC2)c2c(n1)Nc1cc(C3CCN(C4CNC4)CC3)ccc1OC2. The van der Waals surface area contributed by atoms with Gasteiger partial charge in [0.2, 0.25) is 0 Å². The predicted molar refractivity (Wildman–Crippen MR) is 121 cm³/mol. The minimum Gasteiger partial charge on any atom is -0.487 e. The second-order valence-electron chi connectivity index (χ2n) is 9.41. The summed E-state index contributed by atoms with van der Waals surface area (Å²) < 4.78 is 11.8. The summed E-state index contributed by atoms with van der Waals surface area (Å²) in [6.45, 7) is 6.99. The number of hydrogen-bond acceptors (Lipinski definition) is 6. The van der Waals surface area contributed by atoms with Gasteiger partial charge in [0.1, 0.15) is 18.2 Å². The van der Waals surface area contributed by atoms with Gasteiger partial charge in [-0.15, -0.1) is 0 Å². The average Bonchev–Trinajstić information content (AvgIpc) is 2.97. The Morgan fingerprint density at radius 3 is 2.58 bits per heavy atom. The normalized spacial score (nSPS) is 23.1. The first-order chi connectivity index (χ1) is 15.3. The number of nitrogens with one attached hydrogen (secondary N) is 2. The molecule has 1 aromatic carbocycles. The summed E-state index contributed by atoms with van der Waals surface area (Å²) in [4.78, 5) is 7.35. The molecule has 0 aliphatic carbocycles. The van der Waals surface area contributed by atoms with Gasteiger partial charge in [-0.1, -0.05) is 6.07 Å². The molecule has 31 heavy (non-hydrogen) atoms. The van der Waals surface area contributed by atoms with E-state index in [2.05, 4.69) is 44.8 Å². The van der Waals surface area contributed by atoms with E-state index in [1.165, 1.54) is 42.6 Å². The summed E-state index contributed by atoms with van der Waals surface area (Å²) in [5, 5.41) is 7.02. The van der Waals surface area contributed by atoms with Crippen LogP contribution in [0.1, 0.15) is 54.2 Å². The summed E-state index contributed by atoms with van der Waals surface area (Å²) in [7, 11) is 0. The van der Waals surface area contributed by atoms with Gasteiger partial charge in [0.05, 0.1) is 5.69 Å². The zero-order chi connectivity index (χ0) is 20.6. The van der Waals surface area contributed by atoms with Crippen molar-refractivity contribution in [3.8, 4) is 5.75 Å². The van der Waals surface area contributed by atoms with Crippen molar-refractivity contribution in [2.75, 3.05) is 44.7 Å². The zero-order valence-electron chi connectivity index (χ0n) is 18.1. The molecule has 0 bridgehead atoms. The Labute approximate surface area is 184 Å². The molecule has 0 radical (unpaired) electrons. The number of rotatable bonds is 3. The molecular weight excluding hydrogens is 388 g/mol. The molecule has 4 aliphatic rings. The maximum Gasteiger partial charge on any atom is 0.143 e. The monoisotopic (exact) mass is 420 g/mol. The number of fused-ring (bicyclic) bond motifs is 2. The van der Waals surface area contributed by atoms with Gasteiger partial charge in [-0.2, -0.15) is 0 Å². The highest BCUT2D eigenvalue weighted by atomic mass is 16.5. The number of anilines is 2. The molecule has 3 fully saturated rings. The minimum atomic E-state index is 0.531. The Hall–Kier alpha value is -2.15. The molecule has 5 heterocycles. The first-order valence-corrected chi connectivity index (χ1v) is 11.9. The van der Waals surface area contributed by atoms with Crippen LogP contribution in [0.3, 0.4) is 0 Å². The number of benzene rings is 1. The smallest absolute Gasteiger partial charge is 0.143 e. The van der Waals surface area contributed by atoms with Crippen molar-refractivity contribution in [1.82, 2.24) is 15.2 Å². The number of piperidine rings is 1. The molecule has 0 atom stereocenters. The third-order valence-corrected chi connectivity index (χ3v) is 7.66. The lowest BCUT2D eigenvalue weighted by Crippen LogP contribution is -2.58. The molecule has 164 valence electrons. The fourth-order valence-corrected chi connectivity index (χ4v) is 5.59. The molecule has 4 aliphatic heterocycles. The van der Waals surface area contributed by atoms with Gasteiger partial charge in [-0.3, -0.25) is 4.90 Å². The van der Waals surface area contributed by atoms with Crippen LogP contribution in [0.5, 0.6) is 5.75 Å². The van der Waals surface area contributed by atoms with E-state index in [1.807, 2.05) is 6.20 Å². The van der Waals surface area contributed by atoms with Gasteiger partial charge in [-0.25, -0.2) is 4.98 Å². The lowest BCUT2D eigenvalue weighted by molar-refractivity contribution is 0.0849. The Bertz CT molecular complexity index is 931. The number of likely N-dealkylation sites (tertiary alicyclic amines) is 1. The van der Waals surface area contributed by atoms with Crippen LogP contribution >= 0.6 is 0 Å². The van der Waals surface area contributed by atoms with Gasteiger partial charge in [0, 0.05) is 44.1 Å². The van der Waals surface area contributed by atoms with Crippen molar-refractivity contribution in [2.24, 2.45) is 0 Å². The molecule has 2 N–H and O–H groups in total. The quantitative estimate of drug-likeness (QED) is 0.789. The maximum atomic E-state index is 6.27. The first kappa shape index (κ1) is 19.5. The van der Waals surface area contributed by atoms with Crippen molar-refractivity contribution in [3.63, 3.8) is 0 Å². The summed E-state index contributed by atoms with van der Waals surface area (Å²) in [6.07, 6.45) is 6.56. The van der Waals surface area contributed by atoms with E-state index in [1.54, 1.807) is 0 Å². The topological polar surface area (TPSA) is 58.7 Å². The molecule has 3 saturated heterocycles. The third-order valence-electron chi connectivity index (χ3n) is 7.66. The molecule has 6 nitrogen and oxygen atoms in total. The van der Waals surface area contributed by atoms with Crippen molar-refractivity contribution in [2.45, 2.75) is 50.2 Å². The maximum absolute atomic E-state index is 6.27. The van der Waals surface area contributed by atoms with Crippen LogP contribution in [0, 0.1) is 0 Å². The number of aromatic nitrogens is 1. The molecule has 2 aromatic rings. The highest BCUT2D eigenvalue weighted by Gasteiger charge is 2.30. The third kappa shape index (κ3) is 3.81. The minimum absolute atomic E-state index is 0.531. The molecular formula is C25H32N4O2. The van der Waals surface area contributed by atoms with Crippen LogP contribution in [0.2, 0.25) is 0 Å². The van der Waals surface area contributed by atoms with E-state index in [0.717, 1.165) is 62.4 Å². The van der Waals surface area contributed by atoms with Gasteiger partial charge in [0.25, 0.3) is 0 Å². The number of pyridine rings is 1. The average molecular weight is 421 g/mol. The molecule has 0 unspecified atom stereocenters. The van der Waals surface area contributed by atoms with E-state index in [-0.39, 0.29) is 0 Å². The van der Waals surface area contributed by atoms with Crippen LogP contribution in [-0.2, 0) is 11.3 Å². The van der Waals surface area contributed by atoms with Crippen molar-refractivity contribution >= 4 is 11.5 Å². The largest absolute Gasteiger partial charge is 0.487 e. The standard InChI is InChI=1S/C25H32N4O2/c1-2-24-23(13-19(1)17-4-9-29(10-5-17)20-14-26-15-20)28-25-22(16-31-24)21(3-8-27-25)18-6-11-30-12-7-18/h1-3,8,13,17-18,20,26H,4-7,9-12,14-16H2,(H,27,28). The number of hydrogen-bond donors (Lipinski definition) is 2. The number of ether oxygens (including phenoxy) is 2. The van der Waals surface area contributed by atoms with Gasteiger partial charge in [0.15, 0.2) is 0 Å². The van der Waals surface area contributed by atoms with Crippen LogP contribution in [0.15, 0.2) is 30.5 Å². The summed E-state index contributed by atoms with van der Waals surface area (Å²) in [6, 6.07) is 9.66. The Morgan fingerprint density at radius 2 is 1.81 bits per heavy atom. The first-order valence-electron chi connectivity index (χ1n) is 11.9. The van der Waals surface area contributed by atoms with Crippen LogP contribution in [-0.4, -0.2) is 55.3 Å². The highest BCUT2D eigenvalue weighted by molar-refractivity contribution is 5.69.